The summed E-state index contributed by atoms with van der Waals surface area (Å²) >= 11 is 0. The van der Waals surface area contributed by atoms with Crippen molar-refractivity contribution in [3.8, 4) is 0 Å². The third-order valence-corrected chi connectivity index (χ3v) is 2.09. The first-order valence-electron chi connectivity index (χ1n) is 5.62. The van der Waals surface area contributed by atoms with E-state index >= 15 is 0 Å². The van der Waals surface area contributed by atoms with E-state index in [1.807, 2.05) is 13.8 Å². The van der Waals surface area contributed by atoms with Crippen molar-refractivity contribution in [2.24, 2.45) is 0 Å². The first-order chi connectivity index (χ1) is 6.79. The molecule has 1 rings (SSSR count). The van der Waals surface area contributed by atoms with Crippen LogP contribution in [-0.4, -0.2) is 6.54 Å². The molecule has 1 heteroatoms. The molecule has 0 saturated carbocycles. The molecule has 0 saturated heterocycles. The number of anilines is 1. The van der Waals surface area contributed by atoms with E-state index in [9.17, 15) is 0 Å². The number of para-hydroxylation sites is 1. The maximum Gasteiger partial charge on any atom is 0.0402 e. The molecule has 0 aliphatic rings. The highest BCUT2D eigenvalue weighted by molar-refractivity contribution is 5.57. The zero-order valence-electron chi connectivity index (χ0n) is 10.1. The third kappa shape index (κ3) is 3.41. The molecule has 0 fully saturated rings. The van der Waals surface area contributed by atoms with Crippen LogP contribution in [0, 0.1) is 6.92 Å². The van der Waals surface area contributed by atoms with E-state index in [4.69, 9.17) is 0 Å². The summed E-state index contributed by atoms with van der Waals surface area (Å²) < 4.78 is 0. The highest BCUT2D eigenvalue weighted by atomic mass is 14.9. The van der Waals surface area contributed by atoms with Crippen LogP contribution in [0.4, 0.5) is 5.69 Å². The van der Waals surface area contributed by atoms with Crippen LogP contribution in [0.5, 0.6) is 0 Å². The van der Waals surface area contributed by atoms with Crippen molar-refractivity contribution in [1.82, 2.24) is 0 Å². The molecule has 0 unspecified atom stereocenters. The summed E-state index contributed by atoms with van der Waals surface area (Å²) in [6.07, 6.45) is 1.10. The van der Waals surface area contributed by atoms with Crippen LogP contribution < -0.4 is 5.32 Å². The Kier molecular flexibility index (Phi) is 6.91. The van der Waals surface area contributed by atoms with Gasteiger partial charge in [0.05, 0.1) is 0 Å². The molecule has 14 heavy (non-hydrogen) atoms. The summed E-state index contributed by atoms with van der Waals surface area (Å²) in [4.78, 5) is 0. The molecule has 1 N–H and O–H groups in total. The lowest BCUT2D eigenvalue weighted by Gasteiger charge is -2.11. The Morgan fingerprint density at radius 3 is 2.29 bits per heavy atom. The Morgan fingerprint density at radius 1 is 1.14 bits per heavy atom. The molecule has 0 atom stereocenters. The number of benzene rings is 1. The van der Waals surface area contributed by atoms with Gasteiger partial charge in [0.1, 0.15) is 0 Å². The minimum Gasteiger partial charge on any atom is -0.385 e. The molecular formula is C13H23N. The van der Waals surface area contributed by atoms with Gasteiger partial charge >= 0.3 is 0 Å². The van der Waals surface area contributed by atoms with Gasteiger partial charge in [0.2, 0.25) is 0 Å². The molecule has 1 aromatic rings. The average Bonchev–Trinajstić information content (AvgIpc) is 2.24. The van der Waals surface area contributed by atoms with E-state index in [0.29, 0.717) is 0 Å². The molecule has 0 spiro atoms. The van der Waals surface area contributed by atoms with E-state index in [0.717, 1.165) is 13.0 Å². The summed E-state index contributed by atoms with van der Waals surface area (Å²) in [5.41, 5.74) is 4.08. The Balaban J connectivity index is 0.000000791. The van der Waals surface area contributed by atoms with Gasteiger partial charge in [0, 0.05) is 12.2 Å². The van der Waals surface area contributed by atoms with Gasteiger partial charge < -0.3 is 5.32 Å². The Hall–Kier alpha value is -0.980. The van der Waals surface area contributed by atoms with Crippen molar-refractivity contribution < 1.29 is 0 Å². The smallest absolute Gasteiger partial charge is 0.0402 e. The van der Waals surface area contributed by atoms with Crippen molar-refractivity contribution >= 4 is 5.69 Å². The molecule has 80 valence electrons. The second-order valence-electron chi connectivity index (χ2n) is 2.99. The van der Waals surface area contributed by atoms with Crippen LogP contribution in [0.25, 0.3) is 0 Å². The average molecular weight is 193 g/mol. The van der Waals surface area contributed by atoms with Crippen LogP contribution in [0.15, 0.2) is 18.2 Å². The van der Waals surface area contributed by atoms with Gasteiger partial charge in [-0.2, -0.15) is 0 Å². The largest absolute Gasteiger partial charge is 0.385 e. The van der Waals surface area contributed by atoms with Crippen molar-refractivity contribution in [2.45, 2.75) is 41.0 Å². The van der Waals surface area contributed by atoms with Gasteiger partial charge in [-0.1, -0.05) is 39.0 Å². The maximum atomic E-state index is 3.40. The van der Waals surface area contributed by atoms with Gasteiger partial charge in [-0.05, 0) is 31.4 Å². The fraction of sp³-hybridized carbons (Fsp3) is 0.538. The number of rotatable bonds is 3. The number of nitrogens with one attached hydrogen (secondary N) is 1. The first-order valence-corrected chi connectivity index (χ1v) is 5.62. The van der Waals surface area contributed by atoms with Crippen molar-refractivity contribution in [2.75, 3.05) is 11.9 Å². The molecule has 0 aliphatic heterocycles. The fourth-order valence-corrected chi connectivity index (χ4v) is 1.45. The summed E-state index contributed by atoms with van der Waals surface area (Å²) in [5, 5.41) is 3.40. The minimum atomic E-state index is 0.998. The zero-order chi connectivity index (χ0) is 11.0. The molecule has 0 amide bonds. The van der Waals surface area contributed by atoms with Crippen molar-refractivity contribution in [3.63, 3.8) is 0 Å². The fourth-order valence-electron chi connectivity index (χ4n) is 1.45. The van der Waals surface area contributed by atoms with Gasteiger partial charge in [0.25, 0.3) is 0 Å². The Bertz CT molecular complexity index is 253. The third-order valence-electron chi connectivity index (χ3n) is 2.09. The molecule has 1 aromatic carbocycles. The standard InChI is InChI=1S/C11H17N.C2H6/c1-4-10-8-6-7-9(3)11(10)12-5-2;1-2/h6-8,12H,4-5H2,1-3H3;1-2H3. The van der Waals surface area contributed by atoms with Crippen molar-refractivity contribution in [3.05, 3.63) is 29.3 Å². The number of aryl methyl sites for hydroxylation is 2. The van der Waals surface area contributed by atoms with E-state index < -0.39 is 0 Å². The van der Waals surface area contributed by atoms with Crippen LogP contribution in [0.2, 0.25) is 0 Å². The van der Waals surface area contributed by atoms with Crippen LogP contribution in [0.1, 0.15) is 38.8 Å². The highest BCUT2D eigenvalue weighted by Gasteiger charge is 2.00. The van der Waals surface area contributed by atoms with Gasteiger partial charge in [-0.15, -0.1) is 0 Å². The maximum absolute atomic E-state index is 3.40. The molecule has 0 heterocycles. The highest BCUT2D eigenvalue weighted by Crippen LogP contribution is 2.20. The van der Waals surface area contributed by atoms with Gasteiger partial charge in [0.15, 0.2) is 0 Å². The van der Waals surface area contributed by atoms with E-state index in [2.05, 4.69) is 44.3 Å². The lowest BCUT2D eigenvalue weighted by molar-refractivity contribution is 1.10. The molecule has 1 nitrogen and oxygen atoms in total. The number of hydrogen-bond donors (Lipinski definition) is 1. The van der Waals surface area contributed by atoms with Gasteiger partial charge in [-0.25, -0.2) is 0 Å². The predicted octanol–water partition coefficient (Wildman–Crippen LogP) is 4.02. The summed E-state index contributed by atoms with van der Waals surface area (Å²) in [7, 11) is 0. The van der Waals surface area contributed by atoms with E-state index in [1.54, 1.807) is 0 Å². The lowest BCUT2D eigenvalue weighted by Crippen LogP contribution is -2.02. The Morgan fingerprint density at radius 2 is 1.79 bits per heavy atom. The Labute approximate surface area is 88.5 Å². The minimum absolute atomic E-state index is 0.998. The second kappa shape index (κ2) is 7.43. The van der Waals surface area contributed by atoms with E-state index in [-0.39, 0.29) is 0 Å². The molecular weight excluding hydrogens is 170 g/mol. The van der Waals surface area contributed by atoms with Crippen LogP contribution in [-0.2, 0) is 6.42 Å². The topological polar surface area (TPSA) is 12.0 Å². The SMILES string of the molecule is CC.CCNc1c(C)cccc1CC. The zero-order valence-corrected chi connectivity index (χ0v) is 10.1. The molecule has 0 aliphatic carbocycles. The summed E-state index contributed by atoms with van der Waals surface area (Å²) in [6.45, 7) is 11.5. The normalized spacial score (nSPS) is 8.93. The lowest BCUT2D eigenvalue weighted by atomic mass is 10.1. The van der Waals surface area contributed by atoms with Crippen LogP contribution >= 0.6 is 0 Å². The van der Waals surface area contributed by atoms with Crippen LogP contribution in [0.3, 0.4) is 0 Å². The predicted molar refractivity (Wildman–Crippen MR) is 66.1 cm³/mol. The summed E-state index contributed by atoms with van der Waals surface area (Å²) in [6, 6.07) is 6.46. The summed E-state index contributed by atoms with van der Waals surface area (Å²) in [5.74, 6) is 0. The second-order valence-corrected chi connectivity index (χ2v) is 2.99. The van der Waals surface area contributed by atoms with E-state index in [1.165, 1.54) is 16.8 Å². The molecule has 0 aromatic heterocycles. The van der Waals surface area contributed by atoms with Gasteiger partial charge in [-0.3, -0.25) is 0 Å². The molecule has 0 radical (unpaired) electrons. The quantitative estimate of drug-likeness (QED) is 0.764. The number of hydrogen-bond acceptors (Lipinski definition) is 1. The first kappa shape index (κ1) is 13.0. The monoisotopic (exact) mass is 193 g/mol. The van der Waals surface area contributed by atoms with Crippen molar-refractivity contribution in [1.29, 1.82) is 0 Å². The molecule has 0 bridgehead atoms.